The molecule has 20 heavy (non-hydrogen) atoms. The van der Waals surface area contributed by atoms with E-state index in [4.69, 9.17) is 9.84 Å². The fourth-order valence-electron chi connectivity index (χ4n) is 2.53. The number of hydrogen-bond acceptors (Lipinski definition) is 3. The van der Waals surface area contributed by atoms with Gasteiger partial charge in [0.05, 0.1) is 6.61 Å². The van der Waals surface area contributed by atoms with E-state index >= 15 is 0 Å². The maximum Gasteiger partial charge on any atom is 0.122 e. The summed E-state index contributed by atoms with van der Waals surface area (Å²) in [5, 5.41) is 9.10. The molecule has 1 N–H and O–H groups in total. The molecule has 2 aromatic carbocycles. The number of benzene rings is 2. The first-order chi connectivity index (χ1) is 9.88. The first kappa shape index (κ1) is 13.5. The molecule has 0 saturated heterocycles. The third-order valence-corrected chi connectivity index (χ3v) is 4.84. The lowest BCUT2D eigenvalue weighted by Crippen LogP contribution is -2.11. The summed E-state index contributed by atoms with van der Waals surface area (Å²) in [4.78, 5) is 1.38. The van der Waals surface area contributed by atoms with Gasteiger partial charge in [0.1, 0.15) is 5.75 Å². The highest BCUT2D eigenvalue weighted by Crippen LogP contribution is 2.39. The highest BCUT2D eigenvalue weighted by atomic mass is 32.2. The topological polar surface area (TPSA) is 29.5 Å². The molecule has 1 heterocycles. The predicted octanol–water partition coefficient (Wildman–Crippen LogP) is 3.49. The molecule has 2 nitrogen and oxygen atoms in total. The second kappa shape index (κ2) is 6.33. The van der Waals surface area contributed by atoms with Crippen LogP contribution in [0.2, 0.25) is 0 Å². The second-order valence-corrected chi connectivity index (χ2v) is 6.00. The highest BCUT2D eigenvalue weighted by molar-refractivity contribution is 7.99. The molecule has 1 aliphatic rings. The maximum absolute atomic E-state index is 9.10. The molecule has 104 valence electrons. The van der Waals surface area contributed by atoms with Gasteiger partial charge in [0.25, 0.3) is 0 Å². The lowest BCUT2D eigenvalue weighted by atomic mass is 10.0. The minimum absolute atomic E-state index is 0.155. The minimum atomic E-state index is 0.155. The number of aliphatic hydroxyl groups excluding tert-OH is 1. The molecule has 0 saturated carbocycles. The van der Waals surface area contributed by atoms with Crippen LogP contribution in [-0.2, 0) is 6.42 Å². The van der Waals surface area contributed by atoms with E-state index in [0.29, 0.717) is 18.9 Å². The van der Waals surface area contributed by atoms with Gasteiger partial charge in [-0.2, -0.15) is 0 Å². The zero-order chi connectivity index (χ0) is 13.8. The molecule has 1 aliphatic heterocycles. The van der Waals surface area contributed by atoms with Gasteiger partial charge in [-0.15, -0.1) is 11.8 Å². The molecule has 1 atom stereocenters. The maximum atomic E-state index is 9.10. The van der Waals surface area contributed by atoms with Crippen LogP contribution in [0.4, 0.5) is 0 Å². The molecule has 0 spiro atoms. The third-order valence-electron chi connectivity index (χ3n) is 3.59. The summed E-state index contributed by atoms with van der Waals surface area (Å²) >= 11 is 1.91. The van der Waals surface area contributed by atoms with Crippen LogP contribution in [0.5, 0.6) is 5.75 Å². The van der Waals surface area contributed by atoms with E-state index in [9.17, 15) is 0 Å². The van der Waals surface area contributed by atoms with Gasteiger partial charge in [0.15, 0.2) is 0 Å². The Labute approximate surface area is 123 Å². The third kappa shape index (κ3) is 2.84. The number of hydrogen-bond donors (Lipinski definition) is 1. The Hall–Kier alpha value is -1.45. The van der Waals surface area contributed by atoms with Crippen molar-refractivity contribution >= 4 is 11.8 Å². The van der Waals surface area contributed by atoms with Crippen molar-refractivity contribution in [1.82, 2.24) is 0 Å². The SMILES string of the molecule is OCCc1ccccc1OCC1CSc2ccccc21. The Kier molecular flexibility index (Phi) is 4.28. The van der Waals surface area contributed by atoms with E-state index < -0.39 is 0 Å². The van der Waals surface area contributed by atoms with Crippen molar-refractivity contribution in [2.24, 2.45) is 0 Å². The number of fused-ring (bicyclic) bond motifs is 1. The first-order valence-electron chi connectivity index (χ1n) is 6.92. The lowest BCUT2D eigenvalue weighted by molar-refractivity contribution is 0.281. The van der Waals surface area contributed by atoms with Gasteiger partial charge in [0.2, 0.25) is 0 Å². The van der Waals surface area contributed by atoms with Gasteiger partial charge in [-0.3, -0.25) is 0 Å². The average Bonchev–Trinajstić information content (AvgIpc) is 2.90. The Morgan fingerprint density at radius 3 is 2.80 bits per heavy atom. The molecule has 0 aromatic heterocycles. The van der Waals surface area contributed by atoms with Gasteiger partial charge in [0, 0.05) is 23.2 Å². The van der Waals surface area contributed by atoms with E-state index in [1.807, 2.05) is 36.0 Å². The Morgan fingerprint density at radius 1 is 1.10 bits per heavy atom. The number of rotatable bonds is 5. The van der Waals surface area contributed by atoms with Crippen molar-refractivity contribution in [1.29, 1.82) is 0 Å². The molecule has 3 rings (SSSR count). The van der Waals surface area contributed by atoms with Gasteiger partial charge in [-0.1, -0.05) is 36.4 Å². The first-order valence-corrected chi connectivity index (χ1v) is 7.90. The van der Waals surface area contributed by atoms with Crippen LogP contribution in [0, 0.1) is 0 Å². The van der Waals surface area contributed by atoms with Crippen LogP contribution in [-0.4, -0.2) is 24.1 Å². The molecular weight excluding hydrogens is 268 g/mol. The zero-order valence-corrected chi connectivity index (χ0v) is 12.1. The van der Waals surface area contributed by atoms with Gasteiger partial charge >= 0.3 is 0 Å². The largest absolute Gasteiger partial charge is 0.493 e. The second-order valence-electron chi connectivity index (χ2n) is 4.94. The molecule has 3 heteroatoms. The average molecular weight is 286 g/mol. The summed E-state index contributed by atoms with van der Waals surface area (Å²) in [6.45, 7) is 0.856. The summed E-state index contributed by atoms with van der Waals surface area (Å²) in [5.74, 6) is 2.44. The van der Waals surface area contributed by atoms with Crippen LogP contribution in [0.1, 0.15) is 17.0 Å². The monoisotopic (exact) mass is 286 g/mol. The van der Waals surface area contributed by atoms with E-state index in [1.54, 1.807) is 0 Å². The van der Waals surface area contributed by atoms with Crippen LogP contribution in [0.15, 0.2) is 53.4 Å². The fraction of sp³-hybridized carbons (Fsp3) is 0.294. The Balaban J connectivity index is 1.69. The molecule has 0 bridgehead atoms. The summed E-state index contributed by atoms with van der Waals surface area (Å²) in [6.07, 6.45) is 0.645. The van der Waals surface area contributed by atoms with Crippen LogP contribution >= 0.6 is 11.8 Å². The molecule has 2 aromatic rings. The van der Waals surface area contributed by atoms with Crippen LogP contribution in [0.3, 0.4) is 0 Å². The number of para-hydroxylation sites is 1. The van der Waals surface area contributed by atoms with Gasteiger partial charge < -0.3 is 9.84 Å². The van der Waals surface area contributed by atoms with Crippen molar-refractivity contribution in [3.63, 3.8) is 0 Å². The summed E-state index contributed by atoms with van der Waals surface area (Å²) in [7, 11) is 0. The lowest BCUT2D eigenvalue weighted by Gasteiger charge is -2.15. The van der Waals surface area contributed by atoms with Crippen molar-refractivity contribution in [3.8, 4) is 5.75 Å². The Bertz CT molecular complexity index is 583. The molecule has 0 aliphatic carbocycles. The minimum Gasteiger partial charge on any atom is -0.493 e. The van der Waals surface area contributed by atoms with Crippen molar-refractivity contribution in [2.75, 3.05) is 19.0 Å². The summed E-state index contributed by atoms with van der Waals surface area (Å²) < 4.78 is 6.01. The normalized spacial score (nSPS) is 16.9. The summed E-state index contributed by atoms with van der Waals surface area (Å²) in [5.41, 5.74) is 2.48. The molecule has 0 fully saturated rings. The zero-order valence-electron chi connectivity index (χ0n) is 11.3. The fourth-order valence-corrected chi connectivity index (χ4v) is 3.76. The number of aliphatic hydroxyl groups is 1. The van der Waals surface area contributed by atoms with Crippen molar-refractivity contribution in [3.05, 3.63) is 59.7 Å². The van der Waals surface area contributed by atoms with E-state index in [0.717, 1.165) is 17.1 Å². The van der Waals surface area contributed by atoms with Gasteiger partial charge in [-0.05, 0) is 29.7 Å². The van der Waals surface area contributed by atoms with Crippen LogP contribution in [0.25, 0.3) is 0 Å². The summed E-state index contributed by atoms with van der Waals surface area (Å²) in [6, 6.07) is 16.5. The number of ether oxygens (including phenoxy) is 1. The smallest absolute Gasteiger partial charge is 0.122 e. The quantitative estimate of drug-likeness (QED) is 0.912. The van der Waals surface area contributed by atoms with Crippen molar-refractivity contribution in [2.45, 2.75) is 17.2 Å². The Morgan fingerprint density at radius 2 is 1.90 bits per heavy atom. The van der Waals surface area contributed by atoms with Crippen molar-refractivity contribution < 1.29 is 9.84 Å². The molecule has 1 unspecified atom stereocenters. The van der Waals surface area contributed by atoms with E-state index in [2.05, 4.69) is 24.3 Å². The highest BCUT2D eigenvalue weighted by Gasteiger charge is 2.23. The molecular formula is C17H18O2S. The number of thioether (sulfide) groups is 1. The van der Waals surface area contributed by atoms with E-state index in [-0.39, 0.29) is 6.61 Å². The molecule has 0 radical (unpaired) electrons. The van der Waals surface area contributed by atoms with E-state index in [1.165, 1.54) is 10.5 Å². The van der Waals surface area contributed by atoms with Crippen LogP contribution < -0.4 is 4.74 Å². The molecule has 0 amide bonds. The standard InChI is InChI=1S/C17H18O2S/c18-10-9-13-5-1-3-7-16(13)19-11-14-12-20-17-8-4-2-6-15(14)17/h1-8,14,18H,9-12H2. The predicted molar refractivity (Wildman–Crippen MR) is 82.6 cm³/mol. The van der Waals surface area contributed by atoms with Gasteiger partial charge in [-0.25, -0.2) is 0 Å².